The van der Waals surface area contributed by atoms with Gasteiger partial charge in [-0.1, -0.05) is 12.1 Å². The zero-order valence-corrected chi connectivity index (χ0v) is 14.9. The molecule has 3 fully saturated rings. The van der Waals surface area contributed by atoms with E-state index in [1.54, 1.807) is 7.11 Å². The van der Waals surface area contributed by atoms with E-state index in [1.165, 1.54) is 18.4 Å². The number of methoxy groups -OCH3 is 1. The molecule has 2 heterocycles. The van der Waals surface area contributed by atoms with Crippen LogP contribution in [-0.4, -0.2) is 49.8 Å². The van der Waals surface area contributed by atoms with Crippen molar-refractivity contribution in [2.75, 3.05) is 26.8 Å². The van der Waals surface area contributed by atoms with E-state index in [-0.39, 0.29) is 17.9 Å². The summed E-state index contributed by atoms with van der Waals surface area (Å²) in [7, 11) is 1.70. The van der Waals surface area contributed by atoms with Crippen LogP contribution in [0.2, 0.25) is 0 Å². The normalized spacial score (nSPS) is 29.2. The van der Waals surface area contributed by atoms with Gasteiger partial charge in [-0.2, -0.15) is 0 Å². The van der Waals surface area contributed by atoms with Gasteiger partial charge in [0, 0.05) is 32.3 Å². The molecule has 1 amide bonds. The first kappa shape index (κ1) is 16.9. The van der Waals surface area contributed by atoms with Gasteiger partial charge in [0.15, 0.2) is 0 Å². The van der Waals surface area contributed by atoms with Crippen molar-refractivity contribution >= 4 is 5.91 Å². The number of nitrogens with zero attached hydrogens (tertiary/aromatic N) is 1. The Morgan fingerprint density at radius 1 is 1.36 bits per heavy atom. The van der Waals surface area contributed by atoms with Gasteiger partial charge >= 0.3 is 0 Å². The Balaban J connectivity index is 1.43. The monoisotopic (exact) mass is 344 g/mol. The van der Waals surface area contributed by atoms with E-state index < -0.39 is 0 Å². The number of carbonyl (C=O) groups excluding carboxylic acids is 1. The summed E-state index contributed by atoms with van der Waals surface area (Å²) in [5.74, 6) is 1.84. The van der Waals surface area contributed by atoms with Crippen LogP contribution in [0.25, 0.3) is 0 Å². The third-order valence-corrected chi connectivity index (χ3v) is 5.77. The average Bonchev–Trinajstić information content (AvgIpc) is 3.34. The smallest absolute Gasteiger partial charge is 0.224 e. The van der Waals surface area contributed by atoms with Crippen molar-refractivity contribution in [3.8, 4) is 5.75 Å². The van der Waals surface area contributed by atoms with E-state index in [9.17, 15) is 4.79 Å². The number of fused-ring (bicyclic) bond motifs is 1. The quantitative estimate of drug-likeness (QED) is 0.860. The molecule has 4 rings (SSSR count). The molecule has 1 aromatic carbocycles. The molecule has 0 aromatic heterocycles. The van der Waals surface area contributed by atoms with E-state index in [4.69, 9.17) is 9.47 Å². The number of benzene rings is 1. The minimum atomic E-state index is 0.0312. The molecule has 1 aromatic rings. The van der Waals surface area contributed by atoms with Gasteiger partial charge in [-0.15, -0.1) is 0 Å². The number of hydrogen-bond donors (Lipinski definition) is 1. The van der Waals surface area contributed by atoms with E-state index in [2.05, 4.69) is 22.3 Å². The van der Waals surface area contributed by atoms with Crippen molar-refractivity contribution in [1.29, 1.82) is 0 Å². The average molecular weight is 344 g/mol. The molecule has 3 aliphatic rings. The number of likely N-dealkylation sites (tertiary alicyclic amines) is 1. The first-order valence-corrected chi connectivity index (χ1v) is 9.49. The Hall–Kier alpha value is -1.59. The standard InChI is InChI=1S/C20H28N2O3/c1-24-17-4-2-3-15(9-17)12-22-13-16(10-19-18(22)7-8-25-19)20(23)21-11-14-5-6-14/h2-4,9,14,16,18-19H,5-8,10-13H2,1H3,(H,21,23)/t16-,18+,19+/m0/s1. The van der Waals surface area contributed by atoms with Gasteiger partial charge in [-0.3, -0.25) is 9.69 Å². The molecule has 5 heteroatoms. The van der Waals surface area contributed by atoms with Crippen LogP contribution in [0, 0.1) is 11.8 Å². The van der Waals surface area contributed by atoms with Crippen molar-refractivity contribution in [3.63, 3.8) is 0 Å². The second-order valence-electron chi connectivity index (χ2n) is 7.67. The largest absolute Gasteiger partial charge is 0.497 e. The maximum atomic E-state index is 12.6. The second-order valence-corrected chi connectivity index (χ2v) is 7.67. The third-order valence-electron chi connectivity index (χ3n) is 5.77. The molecule has 5 nitrogen and oxygen atoms in total. The minimum Gasteiger partial charge on any atom is -0.497 e. The van der Waals surface area contributed by atoms with Crippen LogP contribution >= 0.6 is 0 Å². The van der Waals surface area contributed by atoms with Crippen LogP contribution in [0.3, 0.4) is 0 Å². The maximum absolute atomic E-state index is 12.6. The number of piperidine rings is 1. The van der Waals surface area contributed by atoms with Gasteiger partial charge in [0.25, 0.3) is 0 Å². The summed E-state index contributed by atoms with van der Waals surface area (Å²) >= 11 is 0. The van der Waals surface area contributed by atoms with Crippen molar-refractivity contribution in [2.45, 2.75) is 44.4 Å². The predicted octanol–water partition coefficient (Wildman–Crippen LogP) is 2.20. The highest BCUT2D eigenvalue weighted by Crippen LogP contribution is 2.33. The summed E-state index contributed by atoms with van der Waals surface area (Å²) in [6.07, 6.45) is 4.64. The van der Waals surface area contributed by atoms with Gasteiger partial charge < -0.3 is 14.8 Å². The highest BCUT2D eigenvalue weighted by Gasteiger charge is 2.42. The van der Waals surface area contributed by atoms with Crippen molar-refractivity contribution in [2.24, 2.45) is 11.8 Å². The molecule has 0 bridgehead atoms. The van der Waals surface area contributed by atoms with Crippen molar-refractivity contribution in [3.05, 3.63) is 29.8 Å². The van der Waals surface area contributed by atoms with Crippen LogP contribution in [-0.2, 0) is 16.1 Å². The fraction of sp³-hybridized carbons (Fsp3) is 0.650. The molecule has 25 heavy (non-hydrogen) atoms. The third kappa shape index (κ3) is 3.98. The Morgan fingerprint density at radius 3 is 3.04 bits per heavy atom. The molecule has 0 spiro atoms. The first-order chi connectivity index (χ1) is 12.2. The van der Waals surface area contributed by atoms with Crippen LogP contribution < -0.4 is 10.1 Å². The van der Waals surface area contributed by atoms with E-state index in [0.29, 0.717) is 6.04 Å². The highest BCUT2D eigenvalue weighted by molar-refractivity contribution is 5.79. The number of rotatable bonds is 6. The van der Waals surface area contributed by atoms with Gasteiger partial charge in [-0.25, -0.2) is 0 Å². The number of ether oxygens (including phenoxy) is 2. The van der Waals surface area contributed by atoms with Crippen molar-refractivity contribution in [1.82, 2.24) is 10.2 Å². The Morgan fingerprint density at radius 2 is 2.24 bits per heavy atom. The van der Waals surface area contributed by atoms with Gasteiger partial charge in [-0.05, 0) is 49.3 Å². The molecule has 136 valence electrons. The van der Waals surface area contributed by atoms with Crippen LogP contribution in [0.1, 0.15) is 31.2 Å². The zero-order chi connectivity index (χ0) is 17.2. The number of amides is 1. The Bertz CT molecular complexity index is 617. The number of nitrogens with one attached hydrogen (secondary N) is 1. The molecular formula is C20H28N2O3. The molecule has 2 saturated heterocycles. The minimum absolute atomic E-state index is 0.0312. The molecule has 0 unspecified atom stereocenters. The molecule has 3 atom stereocenters. The number of hydrogen-bond acceptors (Lipinski definition) is 4. The summed E-state index contributed by atoms with van der Waals surface area (Å²) in [5, 5.41) is 3.16. The lowest BCUT2D eigenvalue weighted by molar-refractivity contribution is -0.129. The van der Waals surface area contributed by atoms with Crippen LogP contribution in [0.5, 0.6) is 5.75 Å². The second kappa shape index (κ2) is 7.34. The van der Waals surface area contributed by atoms with E-state index in [0.717, 1.165) is 50.8 Å². The zero-order valence-electron chi connectivity index (χ0n) is 14.9. The number of carbonyl (C=O) groups is 1. The molecule has 1 aliphatic carbocycles. The molecular weight excluding hydrogens is 316 g/mol. The summed E-state index contributed by atoms with van der Waals surface area (Å²) in [6.45, 7) is 3.31. The fourth-order valence-electron chi connectivity index (χ4n) is 4.14. The molecule has 2 aliphatic heterocycles. The Kier molecular flexibility index (Phi) is 4.95. The SMILES string of the molecule is COc1cccc(CN2C[C@@H](C(=O)NCC3CC3)C[C@H]3OCC[C@H]32)c1. The lowest BCUT2D eigenvalue weighted by Crippen LogP contribution is -2.52. The highest BCUT2D eigenvalue weighted by atomic mass is 16.5. The van der Waals surface area contributed by atoms with E-state index >= 15 is 0 Å². The van der Waals surface area contributed by atoms with Crippen LogP contribution in [0.15, 0.2) is 24.3 Å². The Labute approximate surface area is 149 Å². The van der Waals surface area contributed by atoms with Gasteiger partial charge in [0.1, 0.15) is 5.75 Å². The summed E-state index contributed by atoms with van der Waals surface area (Å²) in [5.41, 5.74) is 1.23. The summed E-state index contributed by atoms with van der Waals surface area (Å²) < 4.78 is 11.3. The van der Waals surface area contributed by atoms with Crippen LogP contribution in [0.4, 0.5) is 0 Å². The maximum Gasteiger partial charge on any atom is 0.224 e. The molecule has 0 radical (unpaired) electrons. The lowest BCUT2D eigenvalue weighted by Gasteiger charge is -2.40. The predicted molar refractivity (Wildman–Crippen MR) is 95.4 cm³/mol. The molecule has 1 N–H and O–H groups in total. The molecule has 1 saturated carbocycles. The van der Waals surface area contributed by atoms with Gasteiger partial charge in [0.05, 0.1) is 19.1 Å². The lowest BCUT2D eigenvalue weighted by atomic mass is 9.89. The van der Waals surface area contributed by atoms with Gasteiger partial charge in [0.2, 0.25) is 5.91 Å². The van der Waals surface area contributed by atoms with E-state index in [1.807, 2.05) is 12.1 Å². The first-order valence-electron chi connectivity index (χ1n) is 9.49. The topological polar surface area (TPSA) is 50.8 Å². The summed E-state index contributed by atoms with van der Waals surface area (Å²) in [6, 6.07) is 8.64. The summed E-state index contributed by atoms with van der Waals surface area (Å²) in [4.78, 5) is 15.0. The fourth-order valence-corrected chi connectivity index (χ4v) is 4.14. The van der Waals surface area contributed by atoms with Crippen molar-refractivity contribution < 1.29 is 14.3 Å².